The van der Waals surface area contributed by atoms with E-state index >= 15 is 0 Å². The van der Waals surface area contributed by atoms with E-state index in [4.69, 9.17) is 4.74 Å². The number of carboxylic acid groups (broad SMARTS) is 1. The number of ether oxygens (including phenoxy) is 1. The van der Waals surface area contributed by atoms with Crippen LogP contribution in [-0.2, 0) is 13.2 Å². The van der Waals surface area contributed by atoms with Crippen LogP contribution in [-0.4, -0.2) is 33.1 Å². The van der Waals surface area contributed by atoms with Crippen LogP contribution < -0.4 is 4.74 Å². The van der Waals surface area contributed by atoms with Crippen LogP contribution in [0, 0.1) is 0 Å². The number of hydrogen-bond donors (Lipinski definition) is 3. The van der Waals surface area contributed by atoms with Crippen molar-refractivity contribution < 1.29 is 24.9 Å². The Morgan fingerprint density at radius 1 is 1.00 bits per heavy atom. The molecule has 2 atom stereocenters. The zero-order valence-corrected chi connectivity index (χ0v) is 20.6. The normalized spacial score (nSPS) is 17.7. The van der Waals surface area contributed by atoms with E-state index in [0.29, 0.717) is 23.2 Å². The molecule has 3 N–H and O–H groups in total. The fourth-order valence-electron chi connectivity index (χ4n) is 4.87. The molecule has 2 unspecified atom stereocenters. The second kappa shape index (κ2) is 10.7. The van der Waals surface area contributed by atoms with E-state index in [0.717, 1.165) is 46.1 Å². The second-order valence-corrected chi connectivity index (χ2v) is 10.4. The first-order valence-electron chi connectivity index (χ1n) is 12.0. The van der Waals surface area contributed by atoms with E-state index in [9.17, 15) is 20.1 Å². The Kier molecular flexibility index (Phi) is 7.28. The number of hydrogen-bond acceptors (Lipinski definition) is 5. The highest BCUT2D eigenvalue weighted by molar-refractivity contribution is 7.99. The largest absolute Gasteiger partial charge is 0.489 e. The van der Waals surface area contributed by atoms with Crippen molar-refractivity contribution in [2.45, 2.75) is 37.4 Å². The Morgan fingerprint density at radius 2 is 1.83 bits per heavy atom. The molecular weight excluding hydrogens is 472 g/mol. The molecule has 0 aliphatic carbocycles. The molecule has 1 aliphatic heterocycles. The highest BCUT2D eigenvalue weighted by atomic mass is 32.2. The zero-order chi connectivity index (χ0) is 25.1. The van der Waals surface area contributed by atoms with Gasteiger partial charge < -0.3 is 20.1 Å². The molecule has 1 saturated heterocycles. The van der Waals surface area contributed by atoms with Gasteiger partial charge in [0, 0.05) is 10.8 Å². The van der Waals surface area contributed by atoms with Gasteiger partial charge in [-0.2, -0.15) is 11.8 Å². The topological polar surface area (TPSA) is 87.0 Å². The smallest absolute Gasteiger partial charge is 0.336 e. The summed E-state index contributed by atoms with van der Waals surface area (Å²) in [5.41, 5.74) is 4.30. The third-order valence-electron chi connectivity index (χ3n) is 6.65. The molecule has 0 saturated carbocycles. The molecule has 1 fully saturated rings. The van der Waals surface area contributed by atoms with Gasteiger partial charge in [-0.05, 0) is 69.8 Å². The standard InChI is InChI=1S/C30H28O5S/c31-17-27-26(30(33)34)15-22-14-24(9-10-25(22)29(27)20-6-2-1-3-7-20)35-18-19-5-4-8-21(13-19)28-16-23(32)11-12-36-28/h1-10,13-15,23,28,31-32H,11-12,16-18H2,(H,33,34). The maximum Gasteiger partial charge on any atom is 0.336 e. The van der Waals surface area contributed by atoms with Gasteiger partial charge in [0.05, 0.1) is 18.3 Å². The lowest BCUT2D eigenvalue weighted by Gasteiger charge is -2.26. The van der Waals surface area contributed by atoms with E-state index in [1.54, 1.807) is 6.07 Å². The maximum absolute atomic E-state index is 12.0. The monoisotopic (exact) mass is 500 g/mol. The number of thioether (sulfide) groups is 1. The maximum atomic E-state index is 12.0. The first kappa shape index (κ1) is 24.4. The average molecular weight is 501 g/mol. The van der Waals surface area contributed by atoms with Crippen LogP contribution in [0.2, 0.25) is 0 Å². The molecule has 0 aromatic heterocycles. The summed E-state index contributed by atoms with van der Waals surface area (Å²) in [6, 6.07) is 25.1. The highest BCUT2D eigenvalue weighted by Gasteiger charge is 2.22. The minimum Gasteiger partial charge on any atom is -0.489 e. The Morgan fingerprint density at radius 3 is 2.58 bits per heavy atom. The SMILES string of the molecule is O=C(O)c1cc2cc(OCc3cccc(C4CC(O)CCS4)c3)ccc2c(-c2ccccc2)c1CO. The summed E-state index contributed by atoms with van der Waals surface area (Å²) in [6.45, 7) is 0.0119. The fraction of sp³-hybridized carbons (Fsp3) is 0.233. The van der Waals surface area contributed by atoms with Crippen molar-refractivity contribution in [3.05, 3.63) is 101 Å². The summed E-state index contributed by atoms with van der Waals surface area (Å²) < 4.78 is 6.11. The minimum absolute atomic E-state index is 0.0841. The number of carboxylic acids is 1. The van der Waals surface area contributed by atoms with Crippen LogP contribution in [0.25, 0.3) is 21.9 Å². The molecule has 4 aromatic rings. The number of fused-ring (bicyclic) bond motifs is 1. The Hall–Kier alpha value is -3.32. The lowest BCUT2D eigenvalue weighted by atomic mass is 9.90. The van der Waals surface area contributed by atoms with E-state index in [-0.39, 0.29) is 18.3 Å². The van der Waals surface area contributed by atoms with Gasteiger partial charge in [0.15, 0.2) is 0 Å². The van der Waals surface area contributed by atoms with Gasteiger partial charge in [-0.25, -0.2) is 4.79 Å². The lowest BCUT2D eigenvalue weighted by Crippen LogP contribution is -2.17. The Labute approximate surface area is 214 Å². The predicted molar refractivity (Wildman–Crippen MR) is 143 cm³/mol. The molecule has 0 radical (unpaired) electrons. The predicted octanol–water partition coefficient (Wildman–Crippen LogP) is 6.21. The number of aliphatic hydroxyl groups is 2. The van der Waals surface area contributed by atoms with Crippen molar-refractivity contribution in [1.82, 2.24) is 0 Å². The van der Waals surface area contributed by atoms with Crippen molar-refractivity contribution >= 4 is 28.5 Å². The molecule has 6 heteroatoms. The van der Waals surface area contributed by atoms with Gasteiger partial charge in [-0.1, -0.05) is 60.7 Å². The third-order valence-corrected chi connectivity index (χ3v) is 7.99. The third kappa shape index (κ3) is 5.12. The van der Waals surface area contributed by atoms with Crippen molar-refractivity contribution in [2.75, 3.05) is 5.75 Å². The number of aliphatic hydroxyl groups excluding tert-OH is 2. The van der Waals surface area contributed by atoms with Crippen LogP contribution in [0.4, 0.5) is 0 Å². The summed E-state index contributed by atoms with van der Waals surface area (Å²) in [6.07, 6.45) is 1.38. The highest BCUT2D eigenvalue weighted by Crippen LogP contribution is 2.39. The summed E-state index contributed by atoms with van der Waals surface area (Å²) in [7, 11) is 0. The number of aromatic carboxylic acids is 1. The fourth-order valence-corrected chi connectivity index (χ4v) is 6.26. The molecule has 5 rings (SSSR count). The van der Waals surface area contributed by atoms with Crippen molar-refractivity contribution in [2.24, 2.45) is 0 Å². The molecule has 5 nitrogen and oxygen atoms in total. The van der Waals surface area contributed by atoms with Gasteiger partial charge in [0.25, 0.3) is 0 Å². The molecule has 36 heavy (non-hydrogen) atoms. The Balaban J connectivity index is 1.45. The summed E-state index contributed by atoms with van der Waals surface area (Å²) in [4.78, 5) is 12.0. The molecule has 0 amide bonds. The van der Waals surface area contributed by atoms with E-state index in [1.807, 2.05) is 72.4 Å². The quantitative estimate of drug-likeness (QED) is 0.280. The molecule has 1 heterocycles. The van der Waals surface area contributed by atoms with Gasteiger partial charge in [0.2, 0.25) is 0 Å². The van der Waals surface area contributed by atoms with E-state index in [1.165, 1.54) is 5.56 Å². The van der Waals surface area contributed by atoms with Crippen LogP contribution in [0.1, 0.15) is 45.1 Å². The summed E-state index contributed by atoms with van der Waals surface area (Å²) in [5.74, 6) is 0.528. The second-order valence-electron chi connectivity index (χ2n) is 9.06. The van der Waals surface area contributed by atoms with Crippen molar-refractivity contribution in [3.8, 4) is 16.9 Å². The molecule has 184 valence electrons. The molecule has 1 aliphatic rings. The minimum atomic E-state index is -1.08. The number of rotatable bonds is 7. The lowest BCUT2D eigenvalue weighted by molar-refractivity contribution is 0.0693. The molecule has 4 aromatic carbocycles. The van der Waals surface area contributed by atoms with E-state index in [2.05, 4.69) is 12.1 Å². The first-order chi connectivity index (χ1) is 17.5. The Bertz CT molecular complexity index is 1390. The van der Waals surface area contributed by atoms with Gasteiger partial charge in [-0.3, -0.25) is 0 Å². The average Bonchev–Trinajstić information content (AvgIpc) is 2.91. The van der Waals surface area contributed by atoms with E-state index < -0.39 is 5.97 Å². The van der Waals surface area contributed by atoms with Gasteiger partial charge in [0.1, 0.15) is 12.4 Å². The van der Waals surface area contributed by atoms with Crippen LogP contribution in [0.3, 0.4) is 0 Å². The van der Waals surface area contributed by atoms with Crippen molar-refractivity contribution in [1.29, 1.82) is 0 Å². The molecule has 0 spiro atoms. The molecular formula is C30H28O5S. The summed E-state index contributed by atoms with van der Waals surface area (Å²) in [5, 5.41) is 31.8. The summed E-state index contributed by atoms with van der Waals surface area (Å²) >= 11 is 1.88. The number of carbonyl (C=O) groups is 1. The first-order valence-corrected chi connectivity index (χ1v) is 13.1. The van der Waals surface area contributed by atoms with Crippen LogP contribution in [0.5, 0.6) is 5.75 Å². The van der Waals surface area contributed by atoms with Crippen LogP contribution >= 0.6 is 11.8 Å². The number of benzene rings is 4. The van der Waals surface area contributed by atoms with Gasteiger partial charge >= 0.3 is 5.97 Å². The molecule has 0 bridgehead atoms. The van der Waals surface area contributed by atoms with Gasteiger partial charge in [-0.15, -0.1) is 0 Å². The van der Waals surface area contributed by atoms with Crippen LogP contribution in [0.15, 0.2) is 78.9 Å². The van der Waals surface area contributed by atoms with Crippen molar-refractivity contribution in [3.63, 3.8) is 0 Å². The zero-order valence-electron chi connectivity index (χ0n) is 19.8.